The second-order valence-electron chi connectivity index (χ2n) is 5.09. The maximum absolute atomic E-state index is 11.3. The first kappa shape index (κ1) is 11.1. The Bertz CT molecular complexity index is 452. The van der Waals surface area contributed by atoms with Crippen LogP contribution in [0.1, 0.15) is 42.2 Å². The molecule has 0 saturated heterocycles. The summed E-state index contributed by atoms with van der Waals surface area (Å²) in [4.78, 5) is 11.3. The second-order valence-corrected chi connectivity index (χ2v) is 5.56. The second kappa shape index (κ2) is 4.34. The zero-order valence-electron chi connectivity index (χ0n) is 9.71. The summed E-state index contributed by atoms with van der Waals surface area (Å²) < 4.78 is 0. The first-order chi connectivity index (χ1) is 8.24. The van der Waals surface area contributed by atoms with Gasteiger partial charge in [0.1, 0.15) is 0 Å². The lowest BCUT2D eigenvalue weighted by Crippen LogP contribution is -2.03. The molecule has 1 aliphatic heterocycles. The molecule has 90 valence electrons. The Hall–Kier alpha value is -1.02. The molecule has 1 unspecified atom stereocenters. The Kier molecular flexibility index (Phi) is 2.83. The quantitative estimate of drug-likeness (QED) is 0.797. The maximum Gasteiger partial charge on any atom is 0.228 e. The lowest BCUT2D eigenvalue weighted by molar-refractivity contribution is -0.115. The molecule has 0 spiro atoms. The molecular formula is C14H16ClNO. The Labute approximate surface area is 106 Å². The topological polar surface area (TPSA) is 29.1 Å². The Morgan fingerprint density at radius 2 is 2.06 bits per heavy atom. The fourth-order valence-electron chi connectivity index (χ4n) is 2.94. The van der Waals surface area contributed by atoms with E-state index < -0.39 is 0 Å². The van der Waals surface area contributed by atoms with Crippen LogP contribution in [0.15, 0.2) is 18.2 Å². The molecule has 3 heteroatoms. The number of alkyl halides is 1. The fraction of sp³-hybridized carbons (Fsp3) is 0.500. The highest BCUT2D eigenvalue weighted by Gasteiger charge is 2.26. The third-order valence-corrected chi connectivity index (χ3v) is 4.49. The van der Waals surface area contributed by atoms with E-state index in [4.69, 9.17) is 11.6 Å². The third-order valence-electron chi connectivity index (χ3n) is 3.89. The van der Waals surface area contributed by atoms with Crippen molar-refractivity contribution in [3.63, 3.8) is 0 Å². The summed E-state index contributed by atoms with van der Waals surface area (Å²) in [5.41, 5.74) is 3.22. The normalized spacial score (nSPS) is 21.4. The van der Waals surface area contributed by atoms with Crippen LogP contribution >= 0.6 is 11.6 Å². The van der Waals surface area contributed by atoms with E-state index in [-0.39, 0.29) is 11.3 Å². The number of carbonyl (C=O) groups excluding carboxylic acids is 1. The van der Waals surface area contributed by atoms with Gasteiger partial charge in [-0.05, 0) is 36.0 Å². The van der Waals surface area contributed by atoms with E-state index in [0.717, 1.165) is 11.3 Å². The highest BCUT2D eigenvalue weighted by Crippen LogP contribution is 2.41. The van der Waals surface area contributed by atoms with E-state index in [1.165, 1.54) is 31.2 Å². The van der Waals surface area contributed by atoms with Crippen LogP contribution in [0.2, 0.25) is 0 Å². The standard InChI is InChI=1S/C14H16ClNO/c15-14(9-3-1-2-4-9)10-5-6-12-11(7-10)8-13(17)16-12/h5-7,9,14H,1-4,8H2,(H,16,17). The molecule has 2 aliphatic rings. The summed E-state index contributed by atoms with van der Waals surface area (Å²) >= 11 is 6.55. The number of fused-ring (bicyclic) bond motifs is 1. The Morgan fingerprint density at radius 1 is 1.29 bits per heavy atom. The SMILES string of the molecule is O=C1Cc2cc(C(Cl)C3CCCC3)ccc2N1. The van der Waals surface area contributed by atoms with E-state index in [9.17, 15) is 4.79 Å². The molecule has 0 aromatic heterocycles. The lowest BCUT2D eigenvalue weighted by Gasteiger charge is -2.17. The summed E-state index contributed by atoms with van der Waals surface area (Å²) in [5.74, 6) is 0.698. The number of hydrogen-bond acceptors (Lipinski definition) is 1. The van der Waals surface area contributed by atoms with Crippen molar-refractivity contribution in [3.8, 4) is 0 Å². The number of halogens is 1. The molecule has 1 amide bonds. The van der Waals surface area contributed by atoms with Crippen molar-refractivity contribution in [2.24, 2.45) is 5.92 Å². The molecule has 1 fully saturated rings. The van der Waals surface area contributed by atoms with Gasteiger partial charge in [0.15, 0.2) is 0 Å². The van der Waals surface area contributed by atoms with E-state index in [1.54, 1.807) is 0 Å². The van der Waals surface area contributed by atoms with Crippen LogP contribution in [-0.2, 0) is 11.2 Å². The van der Waals surface area contributed by atoms with Crippen LogP contribution in [0.5, 0.6) is 0 Å². The summed E-state index contributed by atoms with van der Waals surface area (Å²) in [6.45, 7) is 0. The van der Waals surface area contributed by atoms with Crippen molar-refractivity contribution in [1.82, 2.24) is 0 Å². The van der Waals surface area contributed by atoms with Gasteiger partial charge in [-0.2, -0.15) is 0 Å². The zero-order chi connectivity index (χ0) is 11.8. The molecule has 3 rings (SSSR count). The van der Waals surface area contributed by atoms with Gasteiger partial charge >= 0.3 is 0 Å². The maximum atomic E-state index is 11.3. The minimum Gasteiger partial charge on any atom is -0.326 e. The van der Waals surface area contributed by atoms with E-state index in [0.29, 0.717) is 12.3 Å². The predicted octanol–water partition coefficient (Wildman–Crippen LogP) is 3.65. The van der Waals surface area contributed by atoms with E-state index in [2.05, 4.69) is 17.4 Å². The van der Waals surface area contributed by atoms with Gasteiger partial charge in [-0.1, -0.05) is 25.0 Å². The van der Waals surface area contributed by atoms with Crippen LogP contribution < -0.4 is 5.32 Å². The highest BCUT2D eigenvalue weighted by molar-refractivity contribution is 6.21. The predicted molar refractivity (Wildman–Crippen MR) is 69.3 cm³/mol. The van der Waals surface area contributed by atoms with Crippen molar-refractivity contribution in [1.29, 1.82) is 0 Å². The molecule has 1 atom stereocenters. The van der Waals surface area contributed by atoms with E-state index >= 15 is 0 Å². The summed E-state index contributed by atoms with van der Waals surface area (Å²) in [5, 5.41) is 2.96. The van der Waals surface area contributed by atoms with Crippen molar-refractivity contribution in [2.75, 3.05) is 5.32 Å². The van der Waals surface area contributed by atoms with Gasteiger partial charge < -0.3 is 5.32 Å². The molecule has 0 radical (unpaired) electrons. The van der Waals surface area contributed by atoms with Crippen LogP contribution in [0, 0.1) is 5.92 Å². The monoisotopic (exact) mass is 249 g/mol. The average Bonchev–Trinajstić information content (AvgIpc) is 2.94. The number of carbonyl (C=O) groups is 1. The van der Waals surface area contributed by atoms with Crippen LogP contribution in [-0.4, -0.2) is 5.91 Å². The molecule has 1 saturated carbocycles. The molecule has 17 heavy (non-hydrogen) atoms. The zero-order valence-corrected chi connectivity index (χ0v) is 10.5. The van der Waals surface area contributed by atoms with Gasteiger partial charge in [0, 0.05) is 5.69 Å². The smallest absolute Gasteiger partial charge is 0.228 e. The van der Waals surface area contributed by atoms with Crippen molar-refractivity contribution < 1.29 is 4.79 Å². The van der Waals surface area contributed by atoms with Crippen LogP contribution in [0.4, 0.5) is 5.69 Å². The molecule has 2 nitrogen and oxygen atoms in total. The number of rotatable bonds is 2. The average molecular weight is 250 g/mol. The minimum absolute atomic E-state index is 0.0872. The first-order valence-electron chi connectivity index (χ1n) is 6.31. The summed E-state index contributed by atoms with van der Waals surface area (Å²) in [7, 11) is 0. The van der Waals surface area contributed by atoms with Crippen molar-refractivity contribution in [3.05, 3.63) is 29.3 Å². The minimum atomic E-state index is 0.0872. The van der Waals surface area contributed by atoms with Gasteiger partial charge in [-0.3, -0.25) is 4.79 Å². The Balaban J connectivity index is 1.84. The number of nitrogens with one attached hydrogen (secondary N) is 1. The van der Waals surface area contributed by atoms with Crippen LogP contribution in [0.3, 0.4) is 0 Å². The third kappa shape index (κ3) is 2.06. The largest absolute Gasteiger partial charge is 0.326 e. The van der Waals surface area contributed by atoms with Gasteiger partial charge in [-0.25, -0.2) is 0 Å². The molecule has 1 aromatic carbocycles. The molecule has 1 heterocycles. The summed E-state index contributed by atoms with van der Waals surface area (Å²) in [6, 6.07) is 6.14. The van der Waals surface area contributed by atoms with Crippen LogP contribution in [0.25, 0.3) is 0 Å². The fourth-order valence-corrected chi connectivity index (χ4v) is 3.33. The molecular weight excluding hydrogens is 234 g/mol. The first-order valence-corrected chi connectivity index (χ1v) is 6.74. The molecule has 1 N–H and O–H groups in total. The lowest BCUT2D eigenvalue weighted by atomic mass is 9.95. The van der Waals surface area contributed by atoms with Gasteiger partial charge in [0.05, 0.1) is 11.8 Å². The molecule has 1 aromatic rings. The highest BCUT2D eigenvalue weighted by atomic mass is 35.5. The van der Waals surface area contributed by atoms with Gasteiger partial charge in [-0.15, -0.1) is 11.6 Å². The summed E-state index contributed by atoms with van der Waals surface area (Å²) in [6.07, 6.45) is 5.58. The number of anilines is 1. The van der Waals surface area contributed by atoms with Gasteiger partial charge in [0.25, 0.3) is 0 Å². The van der Waals surface area contributed by atoms with E-state index in [1.807, 2.05) is 6.07 Å². The number of benzene rings is 1. The van der Waals surface area contributed by atoms with Crippen molar-refractivity contribution >= 4 is 23.2 Å². The molecule has 1 aliphatic carbocycles. The Morgan fingerprint density at radius 3 is 2.82 bits per heavy atom. The number of amides is 1. The van der Waals surface area contributed by atoms with Crippen molar-refractivity contribution in [2.45, 2.75) is 37.5 Å². The van der Waals surface area contributed by atoms with Gasteiger partial charge in [0.2, 0.25) is 5.91 Å². The number of hydrogen-bond donors (Lipinski definition) is 1. The molecule has 0 bridgehead atoms.